The molecule has 0 aliphatic carbocycles. The van der Waals surface area contributed by atoms with Crippen LogP contribution in [0.4, 0.5) is 5.69 Å². The van der Waals surface area contributed by atoms with Crippen molar-refractivity contribution in [1.29, 1.82) is 0 Å². The lowest BCUT2D eigenvalue weighted by atomic mass is 10.2. The molecule has 0 saturated carbocycles. The highest BCUT2D eigenvalue weighted by Gasteiger charge is 2.13. The molecule has 0 aliphatic rings. The fourth-order valence-corrected chi connectivity index (χ4v) is 3.14. The summed E-state index contributed by atoms with van der Waals surface area (Å²) in [6, 6.07) is 14.1. The molecule has 3 rings (SSSR count). The maximum atomic E-state index is 12.2. The second-order valence-corrected chi connectivity index (χ2v) is 6.75. The molecule has 0 bridgehead atoms. The number of methoxy groups -OCH3 is 1. The quantitative estimate of drug-likeness (QED) is 0.431. The van der Waals surface area contributed by atoms with E-state index in [4.69, 9.17) is 9.47 Å². The number of benzene rings is 2. The summed E-state index contributed by atoms with van der Waals surface area (Å²) in [5.74, 6) is 0.696. The van der Waals surface area contributed by atoms with Crippen molar-refractivity contribution in [1.82, 2.24) is 15.2 Å². The molecular weight excluding hydrogens is 392 g/mol. The maximum absolute atomic E-state index is 12.2. The Kier molecular flexibility index (Phi) is 6.85. The summed E-state index contributed by atoms with van der Waals surface area (Å²) in [7, 11) is 1.59. The average Bonchev–Trinajstić information content (AvgIpc) is 3.21. The molecule has 1 heterocycles. The van der Waals surface area contributed by atoms with Crippen LogP contribution in [0, 0.1) is 0 Å². The van der Waals surface area contributed by atoms with Gasteiger partial charge in [-0.1, -0.05) is 30.0 Å². The molecular formula is C20H20N4O4S. The first kappa shape index (κ1) is 20.4. The van der Waals surface area contributed by atoms with Crippen molar-refractivity contribution in [2.24, 2.45) is 0 Å². The summed E-state index contributed by atoms with van der Waals surface area (Å²) in [5.41, 5.74) is 1.69. The van der Waals surface area contributed by atoms with E-state index in [0.29, 0.717) is 34.6 Å². The number of aromatic amines is 1. The van der Waals surface area contributed by atoms with Crippen LogP contribution in [0.15, 0.2) is 53.7 Å². The Bertz CT molecular complexity index is 1010. The molecule has 0 radical (unpaired) electrons. The number of anilines is 1. The van der Waals surface area contributed by atoms with Gasteiger partial charge in [-0.3, -0.25) is 9.89 Å². The first-order chi connectivity index (χ1) is 14.1. The third-order valence-electron chi connectivity index (χ3n) is 3.82. The monoisotopic (exact) mass is 412 g/mol. The van der Waals surface area contributed by atoms with Gasteiger partial charge in [0.1, 0.15) is 5.75 Å². The predicted molar refractivity (Wildman–Crippen MR) is 110 cm³/mol. The Morgan fingerprint density at radius 2 is 2.00 bits per heavy atom. The van der Waals surface area contributed by atoms with Crippen molar-refractivity contribution in [3.63, 3.8) is 0 Å². The molecule has 150 valence electrons. The van der Waals surface area contributed by atoms with Gasteiger partial charge in [0.05, 0.1) is 30.6 Å². The average molecular weight is 412 g/mol. The number of nitrogens with zero attached hydrogens (tertiary/aromatic N) is 2. The minimum Gasteiger partial charge on any atom is -0.496 e. The van der Waals surface area contributed by atoms with Crippen LogP contribution in [0.2, 0.25) is 0 Å². The van der Waals surface area contributed by atoms with Gasteiger partial charge in [-0.15, -0.1) is 5.10 Å². The molecule has 0 unspecified atom stereocenters. The number of thioether (sulfide) groups is 1. The van der Waals surface area contributed by atoms with Crippen molar-refractivity contribution >= 4 is 29.3 Å². The Morgan fingerprint density at radius 1 is 1.17 bits per heavy atom. The molecule has 2 aromatic carbocycles. The predicted octanol–water partition coefficient (Wildman–Crippen LogP) is 3.39. The topological polar surface area (TPSA) is 106 Å². The second-order valence-electron chi connectivity index (χ2n) is 5.81. The molecule has 9 heteroatoms. The molecule has 0 aliphatic heterocycles. The summed E-state index contributed by atoms with van der Waals surface area (Å²) < 4.78 is 10.3. The Labute approximate surface area is 172 Å². The highest BCUT2D eigenvalue weighted by Crippen LogP contribution is 2.28. The van der Waals surface area contributed by atoms with Crippen LogP contribution in [0.1, 0.15) is 17.3 Å². The molecule has 29 heavy (non-hydrogen) atoms. The zero-order valence-electron chi connectivity index (χ0n) is 16.0. The largest absolute Gasteiger partial charge is 0.496 e. The molecule has 2 N–H and O–H groups in total. The molecule has 3 aromatic rings. The first-order valence-electron chi connectivity index (χ1n) is 8.86. The third-order valence-corrected chi connectivity index (χ3v) is 4.66. The highest BCUT2D eigenvalue weighted by molar-refractivity contribution is 7.99. The zero-order valence-corrected chi connectivity index (χ0v) is 16.8. The van der Waals surface area contributed by atoms with Crippen molar-refractivity contribution in [2.75, 3.05) is 24.8 Å². The minimum absolute atomic E-state index is 0.118. The smallest absolute Gasteiger partial charge is 0.338 e. The lowest BCUT2D eigenvalue weighted by Crippen LogP contribution is -2.14. The summed E-state index contributed by atoms with van der Waals surface area (Å²) in [6.07, 6.45) is 0. The third kappa shape index (κ3) is 5.35. The van der Waals surface area contributed by atoms with E-state index in [9.17, 15) is 9.59 Å². The fourth-order valence-electron chi connectivity index (χ4n) is 2.54. The number of carbonyl (C=O) groups excluding carboxylic acids is 2. The highest BCUT2D eigenvalue weighted by atomic mass is 32.2. The van der Waals surface area contributed by atoms with Gasteiger partial charge in [-0.25, -0.2) is 9.78 Å². The fraction of sp³-hybridized carbons (Fsp3) is 0.200. The summed E-state index contributed by atoms with van der Waals surface area (Å²) >= 11 is 1.20. The lowest BCUT2D eigenvalue weighted by molar-refractivity contribution is -0.113. The maximum Gasteiger partial charge on any atom is 0.338 e. The molecule has 0 fully saturated rings. The van der Waals surface area contributed by atoms with Gasteiger partial charge in [0.15, 0.2) is 5.82 Å². The number of hydrogen-bond donors (Lipinski definition) is 2. The molecule has 8 nitrogen and oxygen atoms in total. The van der Waals surface area contributed by atoms with Crippen LogP contribution in [-0.4, -0.2) is 46.5 Å². The Morgan fingerprint density at radius 3 is 2.79 bits per heavy atom. The number of H-pyrrole nitrogens is 1. The number of aromatic nitrogens is 3. The van der Waals surface area contributed by atoms with E-state index < -0.39 is 5.97 Å². The van der Waals surface area contributed by atoms with Gasteiger partial charge in [-0.2, -0.15) is 0 Å². The first-order valence-corrected chi connectivity index (χ1v) is 9.85. The molecule has 0 spiro atoms. The van der Waals surface area contributed by atoms with Gasteiger partial charge in [-0.05, 0) is 37.3 Å². The number of hydrogen-bond acceptors (Lipinski definition) is 7. The number of amides is 1. The SMILES string of the molecule is CCOC(=O)c1cccc(NC(=O)CSc2n[nH]c(-c3ccccc3OC)n2)c1. The number of nitrogens with one attached hydrogen (secondary N) is 2. The van der Waals surface area contributed by atoms with Gasteiger partial charge < -0.3 is 14.8 Å². The van der Waals surface area contributed by atoms with Gasteiger partial charge in [0, 0.05) is 5.69 Å². The summed E-state index contributed by atoms with van der Waals surface area (Å²) in [5, 5.41) is 10.2. The van der Waals surface area contributed by atoms with Gasteiger partial charge in [0.25, 0.3) is 0 Å². The van der Waals surface area contributed by atoms with E-state index in [2.05, 4.69) is 20.5 Å². The van der Waals surface area contributed by atoms with Crippen molar-refractivity contribution in [2.45, 2.75) is 12.1 Å². The van der Waals surface area contributed by atoms with Crippen molar-refractivity contribution < 1.29 is 19.1 Å². The molecule has 0 atom stereocenters. The summed E-state index contributed by atoms with van der Waals surface area (Å²) in [4.78, 5) is 28.4. The van der Waals surface area contributed by atoms with E-state index in [1.54, 1.807) is 38.3 Å². The summed E-state index contributed by atoms with van der Waals surface area (Å²) in [6.45, 7) is 2.03. The van der Waals surface area contributed by atoms with E-state index in [-0.39, 0.29) is 11.7 Å². The van der Waals surface area contributed by atoms with Crippen LogP contribution in [0.5, 0.6) is 5.75 Å². The van der Waals surface area contributed by atoms with Crippen LogP contribution >= 0.6 is 11.8 Å². The second kappa shape index (κ2) is 9.74. The Hall–Kier alpha value is -3.33. The van der Waals surface area contributed by atoms with Crippen molar-refractivity contribution in [3.8, 4) is 17.1 Å². The van der Waals surface area contributed by atoms with Crippen LogP contribution in [0.3, 0.4) is 0 Å². The van der Waals surface area contributed by atoms with E-state index >= 15 is 0 Å². The van der Waals surface area contributed by atoms with Gasteiger partial charge >= 0.3 is 5.97 Å². The van der Waals surface area contributed by atoms with E-state index in [0.717, 1.165) is 5.56 Å². The normalized spacial score (nSPS) is 10.4. The minimum atomic E-state index is -0.428. The lowest BCUT2D eigenvalue weighted by Gasteiger charge is -2.06. The number of ether oxygens (including phenoxy) is 2. The molecule has 1 amide bonds. The van der Waals surface area contributed by atoms with Crippen molar-refractivity contribution in [3.05, 3.63) is 54.1 Å². The number of carbonyl (C=O) groups is 2. The number of esters is 1. The standard InChI is InChI=1S/C20H20N4O4S/c1-3-28-19(26)13-7-6-8-14(11-13)21-17(25)12-29-20-22-18(23-24-20)15-9-4-5-10-16(15)27-2/h4-11H,3,12H2,1-2H3,(H,21,25)(H,22,23,24). The number of rotatable bonds is 8. The van der Waals surface area contributed by atoms with Crippen LogP contribution in [0.25, 0.3) is 11.4 Å². The van der Waals surface area contributed by atoms with E-state index in [1.165, 1.54) is 11.8 Å². The Balaban J connectivity index is 1.59. The van der Waals surface area contributed by atoms with Gasteiger partial charge in [0.2, 0.25) is 11.1 Å². The van der Waals surface area contributed by atoms with Crippen LogP contribution in [-0.2, 0) is 9.53 Å². The number of para-hydroxylation sites is 1. The van der Waals surface area contributed by atoms with E-state index in [1.807, 2.05) is 24.3 Å². The molecule has 1 aromatic heterocycles. The molecule has 0 saturated heterocycles. The van der Waals surface area contributed by atoms with Crippen LogP contribution < -0.4 is 10.1 Å². The zero-order chi connectivity index (χ0) is 20.6.